The van der Waals surface area contributed by atoms with E-state index in [1.807, 2.05) is 25.1 Å². The quantitative estimate of drug-likeness (QED) is 0.680. The lowest BCUT2D eigenvalue weighted by atomic mass is 9.79. The topological polar surface area (TPSA) is 55.8 Å². The average molecular weight is 461 g/mol. The van der Waals surface area contributed by atoms with Gasteiger partial charge in [0.1, 0.15) is 5.82 Å². The van der Waals surface area contributed by atoms with E-state index < -0.39 is 5.82 Å². The minimum Gasteiger partial charge on any atom is -0.371 e. The van der Waals surface area contributed by atoms with Gasteiger partial charge in [0, 0.05) is 71.6 Å². The Hall–Kier alpha value is -2.42. The van der Waals surface area contributed by atoms with Crippen molar-refractivity contribution in [2.45, 2.75) is 25.7 Å². The van der Waals surface area contributed by atoms with E-state index in [9.17, 15) is 9.18 Å². The number of hydrogen-bond donors (Lipinski definition) is 0. The van der Waals surface area contributed by atoms with Crippen molar-refractivity contribution in [3.63, 3.8) is 0 Å². The summed E-state index contributed by atoms with van der Waals surface area (Å²) in [4.78, 5) is 24.7. The Morgan fingerprint density at radius 1 is 1.00 bits per heavy atom. The van der Waals surface area contributed by atoms with E-state index in [2.05, 4.69) is 19.2 Å². The summed E-state index contributed by atoms with van der Waals surface area (Å²) in [5.74, 6) is 1.51. The fourth-order valence-corrected chi connectivity index (χ4v) is 5.61. The number of amides is 1. The first kappa shape index (κ1) is 22.8. The Bertz CT molecular complexity index is 932. The molecule has 0 N–H and O–H groups in total. The molecule has 32 heavy (non-hydrogen) atoms. The minimum absolute atomic E-state index is 0.133. The van der Waals surface area contributed by atoms with E-state index in [4.69, 9.17) is 0 Å². The zero-order chi connectivity index (χ0) is 22.8. The van der Waals surface area contributed by atoms with E-state index in [0.717, 1.165) is 67.6 Å². The SMILES string of the molecule is CN(C)C(=O)c1ccc(N2CCC(C3CCN(c4nc(N(C)C)ns4)CC3)CC2)cc1F. The molecule has 0 spiro atoms. The fourth-order valence-electron chi connectivity index (χ4n) is 4.82. The van der Waals surface area contributed by atoms with Gasteiger partial charge < -0.3 is 19.6 Å². The van der Waals surface area contributed by atoms with Crippen LogP contribution in [0.25, 0.3) is 0 Å². The number of anilines is 3. The van der Waals surface area contributed by atoms with Crippen LogP contribution in [0.1, 0.15) is 36.0 Å². The molecule has 174 valence electrons. The molecule has 2 aliphatic rings. The lowest BCUT2D eigenvalue weighted by Gasteiger charge is -2.40. The molecule has 0 unspecified atom stereocenters. The zero-order valence-electron chi connectivity index (χ0n) is 19.4. The van der Waals surface area contributed by atoms with Crippen molar-refractivity contribution < 1.29 is 9.18 Å². The highest BCUT2D eigenvalue weighted by Gasteiger charge is 2.31. The largest absolute Gasteiger partial charge is 0.371 e. The number of halogens is 1. The van der Waals surface area contributed by atoms with E-state index in [1.165, 1.54) is 35.3 Å². The average Bonchev–Trinajstić information content (AvgIpc) is 3.29. The summed E-state index contributed by atoms with van der Waals surface area (Å²) in [7, 11) is 7.21. The van der Waals surface area contributed by atoms with Crippen LogP contribution in [0.2, 0.25) is 0 Å². The molecule has 2 aliphatic heterocycles. The van der Waals surface area contributed by atoms with Gasteiger partial charge in [0.05, 0.1) is 5.56 Å². The third-order valence-electron chi connectivity index (χ3n) is 6.78. The fraction of sp³-hybridized carbons (Fsp3) is 0.609. The normalized spacial score (nSPS) is 18.2. The number of carbonyl (C=O) groups is 1. The lowest BCUT2D eigenvalue weighted by Crippen LogP contribution is -2.41. The molecule has 0 bridgehead atoms. The molecular weight excluding hydrogens is 427 g/mol. The predicted molar refractivity (Wildman–Crippen MR) is 129 cm³/mol. The molecule has 4 rings (SSSR count). The number of piperidine rings is 2. The van der Waals surface area contributed by atoms with Gasteiger partial charge in [0.2, 0.25) is 11.1 Å². The molecule has 0 radical (unpaired) electrons. The molecule has 3 heterocycles. The maximum absolute atomic E-state index is 14.5. The van der Waals surface area contributed by atoms with Crippen molar-refractivity contribution in [1.82, 2.24) is 14.3 Å². The Kier molecular flexibility index (Phi) is 6.83. The monoisotopic (exact) mass is 460 g/mol. The van der Waals surface area contributed by atoms with Gasteiger partial charge >= 0.3 is 0 Å². The second kappa shape index (κ2) is 9.60. The van der Waals surface area contributed by atoms with Gasteiger partial charge in [-0.15, -0.1) is 0 Å². The van der Waals surface area contributed by atoms with Crippen molar-refractivity contribution >= 4 is 34.2 Å². The number of nitrogens with zero attached hydrogens (tertiary/aromatic N) is 6. The lowest BCUT2D eigenvalue weighted by molar-refractivity contribution is 0.0823. The van der Waals surface area contributed by atoms with Crippen LogP contribution in [0.15, 0.2) is 18.2 Å². The van der Waals surface area contributed by atoms with E-state index in [-0.39, 0.29) is 11.5 Å². The smallest absolute Gasteiger partial charge is 0.256 e. The van der Waals surface area contributed by atoms with E-state index in [0.29, 0.717) is 0 Å². The zero-order valence-corrected chi connectivity index (χ0v) is 20.2. The molecule has 2 aromatic rings. The predicted octanol–water partition coefficient (Wildman–Crippen LogP) is 3.58. The Morgan fingerprint density at radius 2 is 1.59 bits per heavy atom. The van der Waals surface area contributed by atoms with Crippen LogP contribution >= 0.6 is 11.5 Å². The number of benzene rings is 1. The second-order valence-electron chi connectivity index (χ2n) is 9.28. The number of carbonyl (C=O) groups excluding carboxylic acids is 1. The molecule has 2 saturated heterocycles. The Labute approximate surface area is 194 Å². The summed E-state index contributed by atoms with van der Waals surface area (Å²) in [5, 5.41) is 1.03. The highest BCUT2D eigenvalue weighted by Crippen LogP contribution is 2.36. The Morgan fingerprint density at radius 3 is 2.09 bits per heavy atom. The van der Waals surface area contributed by atoms with Gasteiger partial charge in [-0.3, -0.25) is 4.79 Å². The van der Waals surface area contributed by atoms with Crippen LogP contribution in [-0.4, -0.2) is 74.5 Å². The third-order valence-corrected chi connectivity index (χ3v) is 7.54. The molecule has 0 atom stereocenters. The summed E-state index contributed by atoms with van der Waals surface area (Å²) in [5.41, 5.74) is 1.01. The standard InChI is InChI=1S/C23H33FN6OS/c1-27(2)21(31)19-6-5-18(15-20(19)24)29-11-7-16(8-12-29)17-9-13-30(14-10-17)23-25-22(26-32-23)28(3)4/h5-6,15-17H,7-14H2,1-4H3. The molecule has 1 aromatic heterocycles. The molecule has 2 fully saturated rings. The van der Waals surface area contributed by atoms with Crippen molar-refractivity contribution in [3.05, 3.63) is 29.6 Å². The van der Waals surface area contributed by atoms with Gasteiger partial charge in [0.15, 0.2) is 0 Å². The molecule has 7 nitrogen and oxygen atoms in total. The highest BCUT2D eigenvalue weighted by atomic mass is 32.1. The summed E-state index contributed by atoms with van der Waals surface area (Å²) in [6, 6.07) is 5.01. The number of hydrogen-bond acceptors (Lipinski definition) is 7. The maximum atomic E-state index is 14.5. The van der Waals surface area contributed by atoms with Crippen LogP contribution in [-0.2, 0) is 0 Å². The summed E-state index contributed by atoms with van der Waals surface area (Å²) < 4.78 is 18.9. The van der Waals surface area contributed by atoms with Crippen molar-refractivity contribution in [3.8, 4) is 0 Å². The summed E-state index contributed by atoms with van der Waals surface area (Å²) >= 11 is 1.49. The van der Waals surface area contributed by atoms with E-state index >= 15 is 0 Å². The van der Waals surface area contributed by atoms with Gasteiger partial charge in [-0.05, 0) is 55.7 Å². The molecule has 9 heteroatoms. The van der Waals surface area contributed by atoms with E-state index in [1.54, 1.807) is 20.2 Å². The molecule has 1 amide bonds. The Balaban J connectivity index is 1.29. The van der Waals surface area contributed by atoms with Gasteiger partial charge in [-0.25, -0.2) is 4.39 Å². The molecule has 0 saturated carbocycles. The first-order valence-electron chi connectivity index (χ1n) is 11.4. The number of rotatable bonds is 5. The molecule has 1 aromatic carbocycles. The van der Waals surface area contributed by atoms with Crippen LogP contribution < -0.4 is 14.7 Å². The van der Waals surface area contributed by atoms with Gasteiger partial charge in [-0.2, -0.15) is 9.36 Å². The summed E-state index contributed by atoms with van der Waals surface area (Å²) in [6.45, 7) is 3.96. The van der Waals surface area contributed by atoms with Gasteiger partial charge in [-0.1, -0.05) is 0 Å². The molecular formula is C23H33FN6OS. The van der Waals surface area contributed by atoms with Crippen molar-refractivity contribution in [2.24, 2.45) is 11.8 Å². The summed E-state index contributed by atoms with van der Waals surface area (Å²) in [6.07, 6.45) is 4.65. The van der Waals surface area contributed by atoms with Crippen molar-refractivity contribution in [1.29, 1.82) is 0 Å². The van der Waals surface area contributed by atoms with Crippen LogP contribution in [0.4, 0.5) is 21.2 Å². The third kappa shape index (κ3) is 4.82. The first-order chi connectivity index (χ1) is 15.3. The van der Waals surface area contributed by atoms with Crippen LogP contribution in [0, 0.1) is 17.7 Å². The second-order valence-corrected chi connectivity index (χ2v) is 10.0. The van der Waals surface area contributed by atoms with Gasteiger partial charge in [0.25, 0.3) is 5.91 Å². The first-order valence-corrected chi connectivity index (χ1v) is 12.1. The van der Waals surface area contributed by atoms with Crippen LogP contribution in [0.3, 0.4) is 0 Å². The molecule has 0 aliphatic carbocycles. The minimum atomic E-state index is -0.440. The number of aromatic nitrogens is 2. The van der Waals surface area contributed by atoms with Crippen molar-refractivity contribution in [2.75, 3.05) is 69.1 Å². The maximum Gasteiger partial charge on any atom is 0.256 e. The van der Waals surface area contributed by atoms with Crippen LogP contribution in [0.5, 0.6) is 0 Å². The highest BCUT2D eigenvalue weighted by molar-refractivity contribution is 7.09.